The minimum absolute atomic E-state index is 0.176. The number of amides is 1. The summed E-state index contributed by atoms with van der Waals surface area (Å²) in [7, 11) is 4.63. The van der Waals surface area contributed by atoms with Crippen LogP contribution in [0.5, 0.6) is 0 Å². The number of ether oxygens (including phenoxy) is 1. The van der Waals surface area contributed by atoms with Crippen LogP contribution in [0.2, 0.25) is 0 Å². The van der Waals surface area contributed by atoms with Crippen molar-refractivity contribution >= 4 is 61.5 Å². The van der Waals surface area contributed by atoms with Crippen molar-refractivity contribution in [3.05, 3.63) is 32.9 Å². The van der Waals surface area contributed by atoms with Crippen LogP contribution in [0.15, 0.2) is 16.9 Å². The minimum atomic E-state index is -0.513. The van der Waals surface area contributed by atoms with Crippen molar-refractivity contribution in [3.8, 4) is 0 Å². The van der Waals surface area contributed by atoms with Crippen molar-refractivity contribution in [1.82, 2.24) is 20.0 Å². The van der Waals surface area contributed by atoms with Crippen molar-refractivity contribution < 1.29 is 14.3 Å². The maximum absolute atomic E-state index is 12.4. The normalized spacial score (nSPS) is 10.5. The Morgan fingerprint density at radius 3 is 2.71 bits per heavy atom. The molecule has 8 nitrogen and oxygen atoms in total. The van der Waals surface area contributed by atoms with Gasteiger partial charge in [0.1, 0.15) is 5.00 Å². The second kappa shape index (κ2) is 9.99. The number of nitrogens with one attached hydrogen (secondary N) is 2. The number of carbonyl (C=O) groups excluding carboxylic acids is 2. The summed E-state index contributed by atoms with van der Waals surface area (Å²) in [5.41, 5.74) is 0.897. The Hall–Kier alpha value is -1.98. The summed E-state index contributed by atoms with van der Waals surface area (Å²) in [6, 6.07) is 0. The number of thiocarbonyl (C=S) groups is 1. The molecule has 0 saturated carbocycles. The first-order valence-corrected chi connectivity index (χ1v) is 10.4. The fourth-order valence-corrected chi connectivity index (χ4v) is 4.22. The second-order valence-corrected chi connectivity index (χ2v) is 8.45. The summed E-state index contributed by atoms with van der Waals surface area (Å²) in [5, 5.41) is 11.2. The highest BCUT2D eigenvalue weighted by Crippen LogP contribution is 2.34. The molecule has 1 amide bonds. The summed E-state index contributed by atoms with van der Waals surface area (Å²) in [5.74, 6) is -0.689. The second-order valence-electron chi connectivity index (χ2n) is 6.11. The molecule has 2 aromatic rings. The third-order valence-corrected chi connectivity index (χ3v) is 5.67. The largest absolute Gasteiger partial charge is 0.465 e. The van der Waals surface area contributed by atoms with Gasteiger partial charge in [-0.3, -0.25) is 9.48 Å². The van der Waals surface area contributed by atoms with Gasteiger partial charge in [0, 0.05) is 33.4 Å². The predicted molar refractivity (Wildman–Crippen MR) is 117 cm³/mol. The predicted octanol–water partition coefficient (Wildman–Crippen LogP) is 2.88. The monoisotopic (exact) mass is 487 g/mol. The molecule has 0 aliphatic rings. The smallest absolute Gasteiger partial charge is 0.341 e. The van der Waals surface area contributed by atoms with Gasteiger partial charge < -0.3 is 20.3 Å². The highest BCUT2D eigenvalue weighted by atomic mass is 79.9. The lowest BCUT2D eigenvalue weighted by molar-refractivity contribution is 0.0601. The molecule has 0 spiro atoms. The first-order valence-electron chi connectivity index (χ1n) is 8.40. The Morgan fingerprint density at radius 2 is 2.14 bits per heavy atom. The van der Waals surface area contributed by atoms with Crippen LogP contribution in [0.4, 0.5) is 5.00 Å². The molecule has 0 aliphatic heterocycles. The number of halogens is 1. The molecule has 2 N–H and O–H groups in total. The summed E-state index contributed by atoms with van der Waals surface area (Å²) in [6.07, 6.45) is 4.45. The maximum Gasteiger partial charge on any atom is 0.341 e. The number of anilines is 1. The van der Waals surface area contributed by atoms with Crippen LogP contribution in [-0.4, -0.2) is 59.4 Å². The lowest BCUT2D eigenvalue weighted by Gasteiger charge is -2.10. The summed E-state index contributed by atoms with van der Waals surface area (Å²) in [6.45, 7) is 3.10. The molecule has 2 rings (SSSR count). The van der Waals surface area contributed by atoms with E-state index in [4.69, 9.17) is 17.0 Å². The lowest BCUT2D eigenvalue weighted by atomic mass is 10.1. The highest BCUT2D eigenvalue weighted by Gasteiger charge is 2.26. The van der Waals surface area contributed by atoms with Gasteiger partial charge in [0.25, 0.3) is 5.91 Å². The number of hydrogen-bond acceptors (Lipinski definition) is 6. The molecule has 0 fully saturated rings. The van der Waals surface area contributed by atoms with Gasteiger partial charge in [-0.25, -0.2) is 4.79 Å². The molecule has 11 heteroatoms. The average Bonchev–Trinajstić information content (AvgIpc) is 3.20. The number of aryl methyl sites for hydroxylation is 1. The van der Waals surface area contributed by atoms with Gasteiger partial charge in [-0.2, -0.15) is 5.10 Å². The lowest BCUT2D eigenvalue weighted by Crippen LogP contribution is -2.30. The molecule has 0 bridgehead atoms. The molecular weight excluding hydrogens is 466 g/mol. The van der Waals surface area contributed by atoms with Gasteiger partial charge in [-0.15, -0.1) is 11.3 Å². The van der Waals surface area contributed by atoms with Crippen molar-refractivity contribution in [2.75, 3.05) is 33.1 Å². The van der Waals surface area contributed by atoms with Gasteiger partial charge in [0.05, 0.1) is 28.2 Å². The topological polar surface area (TPSA) is 88.5 Å². The van der Waals surface area contributed by atoms with E-state index in [0.29, 0.717) is 32.7 Å². The minimum Gasteiger partial charge on any atom is -0.465 e. The quantitative estimate of drug-likeness (QED) is 0.352. The van der Waals surface area contributed by atoms with E-state index in [0.717, 1.165) is 17.4 Å². The standard InChI is InChI=1S/C17H22BrN5O3S2/c1-10-12(16(25)26-4)14(28-13(10)15(24)22(2)3)21-17(27)19-6-5-7-23-9-11(18)8-20-23/h8-9H,5-7H2,1-4H3,(H2,19,21,27). The summed E-state index contributed by atoms with van der Waals surface area (Å²) < 4.78 is 7.64. The first kappa shape index (κ1) is 22.3. The van der Waals surface area contributed by atoms with Crippen LogP contribution in [-0.2, 0) is 11.3 Å². The molecule has 0 atom stereocenters. The Balaban J connectivity index is 2.02. The number of esters is 1. The first-order chi connectivity index (χ1) is 13.2. The van der Waals surface area contributed by atoms with Crippen LogP contribution in [0.25, 0.3) is 0 Å². The van der Waals surface area contributed by atoms with Gasteiger partial charge in [-0.05, 0) is 47.1 Å². The average molecular weight is 488 g/mol. The van der Waals surface area contributed by atoms with Crippen molar-refractivity contribution in [3.63, 3.8) is 0 Å². The van der Waals surface area contributed by atoms with Gasteiger partial charge in [0.2, 0.25) is 0 Å². The number of hydrogen-bond donors (Lipinski definition) is 2. The van der Waals surface area contributed by atoms with Crippen molar-refractivity contribution in [2.24, 2.45) is 0 Å². The fraction of sp³-hybridized carbons (Fsp3) is 0.412. The number of rotatable bonds is 7. The number of carbonyl (C=O) groups is 2. The molecule has 28 heavy (non-hydrogen) atoms. The molecule has 0 radical (unpaired) electrons. The molecule has 0 aromatic carbocycles. The molecule has 0 aliphatic carbocycles. The Bertz CT molecular complexity index is 878. The Labute approximate surface area is 181 Å². The van der Waals surface area contributed by atoms with E-state index >= 15 is 0 Å². The third-order valence-electron chi connectivity index (χ3n) is 3.82. The Morgan fingerprint density at radius 1 is 1.43 bits per heavy atom. The van der Waals surface area contributed by atoms with E-state index in [1.807, 2.05) is 10.9 Å². The molecule has 2 heterocycles. The van der Waals surface area contributed by atoms with Gasteiger partial charge >= 0.3 is 5.97 Å². The number of thiophene rings is 1. The van der Waals surface area contributed by atoms with E-state index in [9.17, 15) is 9.59 Å². The molecule has 2 aromatic heterocycles. The van der Waals surface area contributed by atoms with E-state index in [1.165, 1.54) is 23.3 Å². The SMILES string of the molecule is COC(=O)c1c(NC(=S)NCCCn2cc(Br)cn2)sc(C(=O)N(C)C)c1C. The summed E-state index contributed by atoms with van der Waals surface area (Å²) >= 11 is 9.87. The van der Waals surface area contributed by atoms with Gasteiger partial charge in [0.15, 0.2) is 5.11 Å². The van der Waals surface area contributed by atoms with E-state index in [1.54, 1.807) is 27.2 Å². The van der Waals surface area contributed by atoms with Crippen LogP contribution in [0, 0.1) is 6.92 Å². The maximum atomic E-state index is 12.4. The molecule has 152 valence electrons. The zero-order chi connectivity index (χ0) is 20.8. The zero-order valence-corrected chi connectivity index (χ0v) is 19.3. The summed E-state index contributed by atoms with van der Waals surface area (Å²) in [4.78, 5) is 26.5. The molecule has 0 saturated heterocycles. The third kappa shape index (κ3) is 5.52. The van der Waals surface area contributed by atoms with Crippen LogP contribution in [0.1, 0.15) is 32.0 Å². The zero-order valence-electron chi connectivity index (χ0n) is 16.0. The van der Waals surface area contributed by atoms with Crippen LogP contribution < -0.4 is 10.6 Å². The van der Waals surface area contributed by atoms with Crippen molar-refractivity contribution in [2.45, 2.75) is 19.9 Å². The molecule has 0 unspecified atom stereocenters. The van der Waals surface area contributed by atoms with Crippen LogP contribution >= 0.6 is 39.5 Å². The Kier molecular flexibility index (Phi) is 7.96. The van der Waals surface area contributed by atoms with Gasteiger partial charge in [-0.1, -0.05) is 0 Å². The number of nitrogens with zero attached hydrogens (tertiary/aromatic N) is 3. The highest BCUT2D eigenvalue weighted by molar-refractivity contribution is 9.10. The fourth-order valence-electron chi connectivity index (χ4n) is 2.41. The van der Waals surface area contributed by atoms with E-state index in [-0.39, 0.29) is 5.91 Å². The number of aromatic nitrogens is 2. The molecular formula is C17H22BrN5O3S2. The van der Waals surface area contributed by atoms with Crippen LogP contribution in [0.3, 0.4) is 0 Å². The number of methoxy groups -OCH3 is 1. The van der Waals surface area contributed by atoms with E-state index in [2.05, 4.69) is 31.7 Å². The van der Waals surface area contributed by atoms with Crippen molar-refractivity contribution in [1.29, 1.82) is 0 Å². The van der Waals surface area contributed by atoms with E-state index < -0.39 is 5.97 Å².